The fraction of sp³-hybridized carbons (Fsp3) is 0.571. The number of aromatic nitrogens is 1. The molecule has 0 radical (unpaired) electrons. The summed E-state index contributed by atoms with van der Waals surface area (Å²) in [5.41, 5.74) is 4.47. The van der Waals surface area contributed by atoms with Crippen LogP contribution in [-0.4, -0.2) is 94.2 Å². The lowest BCUT2D eigenvalue weighted by Crippen LogP contribution is -2.56. The lowest BCUT2D eigenvalue weighted by Gasteiger charge is -2.33. The van der Waals surface area contributed by atoms with Crippen LogP contribution in [0.1, 0.15) is 88.0 Å². The Morgan fingerprint density at radius 3 is 2.21 bits per heavy atom. The van der Waals surface area contributed by atoms with Gasteiger partial charge in [0, 0.05) is 44.9 Å². The van der Waals surface area contributed by atoms with Gasteiger partial charge in [0.15, 0.2) is 0 Å². The van der Waals surface area contributed by atoms with Crippen molar-refractivity contribution in [2.45, 2.75) is 115 Å². The Kier molecular flexibility index (Phi) is 17.9. The Morgan fingerprint density at radius 1 is 0.887 bits per heavy atom. The highest BCUT2D eigenvalue weighted by atomic mass is 32.1. The molecule has 0 bridgehead atoms. The summed E-state index contributed by atoms with van der Waals surface area (Å²) in [4.78, 5) is 50.2. The minimum atomic E-state index is -1.13. The van der Waals surface area contributed by atoms with Crippen LogP contribution >= 0.6 is 11.3 Å². The van der Waals surface area contributed by atoms with E-state index >= 15 is 0 Å². The minimum Gasteiger partial charge on any atom is -0.390 e. The molecule has 0 aliphatic heterocycles. The number of rotatable bonds is 22. The molecule has 1 saturated carbocycles. The van der Waals surface area contributed by atoms with Crippen LogP contribution in [0.4, 0.5) is 0 Å². The van der Waals surface area contributed by atoms with E-state index in [0.29, 0.717) is 44.0 Å². The molecule has 3 aromatic rings. The molecule has 53 heavy (non-hydrogen) atoms. The summed E-state index contributed by atoms with van der Waals surface area (Å²) in [6.45, 7) is 3.98. The molecule has 1 aromatic heterocycles. The van der Waals surface area contributed by atoms with Crippen molar-refractivity contribution < 1.29 is 24.6 Å². The van der Waals surface area contributed by atoms with Gasteiger partial charge in [-0.2, -0.15) is 0 Å². The highest BCUT2D eigenvalue weighted by molar-refractivity contribution is 7.07. The van der Waals surface area contributed by atoms with Crippen LogP contribution in [0.25, 0.3) is 0 Å². The lowest BCUT2D eigenvalue weighted by atomic mass is 9.82. The molecule has 4 rings (SSSR count). The summed E-state index contributed by atoms with van der Waals surface area (Å²) in [5.74, 6) is -1.35. The van der Waals surface area contributed by atoms with E-state index in [-0.39, 0.29) is 24.7 Å². The van der Waals surface area contributed by atoms with Gasteiger partial charge in [-0.1, -0.05) is 113 Å². The van der Waals surface area contributed by atoms with Crippen molar-refractivity contribution in [1.82, 2.24) is 25.4 Å². The Hall–Kier alpha value is -3.64. The van der Waals surface area contributed by atoms with Gasteiger partial charge in [0.1, 0.15) is 6.04 Å². The van der Waals surface area contributed by atoms with E-state index in [4.69, 9.17) is 0 Å². The molecule has 290 valence electrons. The zero-order valence-corrected chi connectivity index (χ0v) is 32.7. The average molecular weight is 748 g/mol. The summed E-state index contributed by atoms with van der Waals surface area (Å²) in [5, 5.41) is 30.2. The fourth-order valence-corrected chi connectivity index (χ4v) is 7.76. The van der Waals surface area contributed by atoms with Crippen molar-refractivity contribution in [2.24, 2.45) is 11.8 Å². The first kappa shape index (κ1) is 42.1. The number of hydrogen-bond donors (Lipinski definition) is 4. The van der Waals surface area contributed by atoms with E-state index in [1.54, 1.807) is 17.5 Å². The van der Waals surface area contributed by atoms with Gasteiger partial charge in [-0.25, -0.2) is 4.98 Å². The molecule has 10 nitrogen and oxygen atoms in total. The minimum absolute atomic E-state index is 0.0166. The van der Waals surface area contributed by atoms with Gasteiger partial charge in [0.05, 0.1) is 35.4 Å². The zero-order valence-electron chi connectivity index (χ0n) is 31.9. The largest absolute Gasteiger partial charge is 0.390 e. The maximum atomic E-state index is 14.2. The fourth-order valence-electron chi connectivity index (χ4n) is 7.19. The summed E-state index contributed by atoms with van der Waals surface area (Å²) < 4.78 is 0. The molecule has 5 atom stereocenters. The predicted octanol–water partition coefficient (Wildman–Crippen LogP) is 5.38. The summed E-state index contributed by atoms with van der Waals surface area (Å²) in [6, 6.07) is 18.1. The number of aliphatic hydroxyl groups excluding tert-OH is 2. The quantitative estimate of drug-likeness (QED) is 0.109. The van der Waals surface area contributed by atoms with Gasteiger partial charge >= 0.3 is 0 Å². The van der Waals surface area contributed by atoms with Gasteiger partial charge in [-0.3, -0.25) is 14.4 Å². The third-order valence-electron chi connectivity index (χ3n) is 10.5. The Balaban J connectivity index is 1.48. The van der Waals surface area contributed by atoms with Crippen LogP contribution in [0.2, 0.25) is 0 Å². The van der Waals surface area contributed by atoms with Crippen LogP contribution in [0.5, 0.6) is 0 Å². The summed E-state index contributed by atoms with van der Waals surface area (Å²) >= 11 is 1.41. The number of nitrogens with one attached hydrogen (secondary N) is 2. The number of aliphatic hydroxyl groups is 2. The third kappa shape index (κ3) is 14.6. The maximum absolute atomic E-state index is 14.2. The zero-order chi connectivity index (χ0) is 38.0. The van der Waals surface area contributed by atoms with E-state index in [1.807, 2.05) is 67.9 Å². The molecular formula is C42H61N5O5S. The van der Waals surface area contributed by atoms with Crippen molar-refractivity contribution in [3.63, 3.8) is 0 Å². The predicted molar refractivity (Wildman–Crippen MR) is 211 cm³/mol. The molecule has 11 heteroatoms. The number of amides is 3. The molecular weight excluding hydrogens is 687 g/mol. The molecule has 1 unspecified atom stereocenters. The van der Waals surface area contributed by atoms with Gasteiger partial charge < -0.3 is 30.6 Å². The monoisotopic (exact) mass is 747 g/mol. The molecule has 4 N–H and O–H groups in total. The number of carbonyl (C=O) groups excluding carboxylic acids is 3. The number of carbonyl (C=O) groups is 3. The second-order valence-corrected chi connectivity index (χ2v) is 15.6. The topological polar surface area (TPSA) is 135 Å². The number of unbranched alkanes of at least 4 members (excludes halogenated alkanes) is 1. The number of benzene rings is 2. The molecule has 1 aliphatic carbocycles. The first-order valence-corrected chi connectivity index (χ1v) is 20.4. The first-order valence-electron chi connectivity index (χ1n) is 19.5. The van der Waals surface area contributed by atoms with Gasteiger partial charge in [-0.15, -0.1) is 11.3 Å². The molecule has 0 spiro atoms. The van der Waals surface area contributed by atoms with E-state index in [2.05, 4.69) is 32.7 Å². The molecule has 0 saturated heterocycles. The second kappa shape index (κ2) is 22.5. The highest BCUT2D eigenvalue weighted by Crippen LogP contribution is 2.29. The smallest absolute Gasteiger partial charge is 0.243 e. The molecule has 1 fully saturated rings. The number of nitrogens with zero attached hydrogens (tertiary/aromatic N) is 3. The van der Waals surface area contributed by atoms with Crippen molar-refractivity contribution >= 4 is 29.1 Å². The van der Waals surface area contributed by atoms with Crippen molar-refractivity contribution in [3.8, 4) is 0 Å². The summed E-state index contributed by atoms with van der Waals surface area (Å²) in [7, 11) is 3.79. The van der Waals surface area contributed by atoms with Gasteiger partial charge in [0.25, 0.3) is 0 Å². The van der Waals surface area contributed by atoms with Gasteiger partial charge in [-0.05, 0) is 43.4 Å². The number of hydrogen-bond acceptors (Lipinski definition) is 8. The van der Waals surface area contributed by atoms with Crippen molar-refractivity contribution in [2.75, 3.05) is 27.2 Å². The van der Waals surface area contributed by atoms with Crippen LogP contribution < -0.4 is 10.6 Å². The van der Waals surface area contributed by atoms with E-state index in [9.17, 15) is 24.6 Å². The highest BCUT2D eigenvalue weighted by Gasteiger charge is 2.34. The molecule has 2 aromatic carbocycles. The lowest BCUT2D eigenvalue weighted by molar-refractivity contribution is -0.137. The Morgan fingerprint density at radius 2 is 1.57 bits per heavy atom. The molecule has 1 heterocycles. The van der Waals surface area contributed by atoms with Crippen LogP contribution in [0.15, 0.2) is 71.6 Å². The van der Waals surface area contributed by atoms with Crippen LogP contribution in [0.3, 0.4) is 0 Å². The second-order valence-electron chi connectivity index (χ2n) is 14.9. The van der Waals surface area contributed by atoms with Crippen LogP contribution in [-0.2, 0) is 33.8 Å². The third-order valence-corrected chi connectivity index (χ3v) is 11.1. The van der Waals surface area contributed by atoms with E-state index < -0.39 is 36.1 Å². The standard InChI is InChI=1S/C42H61N5O5S/c1-4-5-21-38(48)40(50)36(25-32-17-11-7-12-18-32)44-42(52)37(27-35-29-53-30-43-35)45-41(51)34(24-31-15-9-6-10-16-31)26-39(49)47(3)23-22-46(2)28-33-19-13-8-14-20-33/h6,8-10,13-16,19-20,29-30,32,34,36-38,40,48,50H,4-5,7,11-12,17-18,21-28H2,1-3H3,(H,44,52)(H,45,51)/t34?,36-,37-,38-,40+/m0/s1. The van der Waals surface area contributed by atoms with Gasteiger partial charge in [0.2, 0.25) is 17.7 Å². The van der Waals surface area contributed by atoms with Crippen LogP contribution in [0, 0.1) is 11.8 Å². The first-order chi connectivity index (χ1) is 25.6. The Bertz CT molecular complexity index is 1490. The molecule has 1 aliphatic rings. The van der Waals surface area contributed by atoms with E-state index in [1.165, 1.54) is 23.3 Å². The number of likely N-dealkylation sites (N-methyl/N-ethyl adjacent to an activating group) is 2. The van der Waals surface area contributed by atoms with Crippen molar-refractivity contribution in [1.29, 1.82) is 0 Å². The summed E-state index contributed by atoms with van der Waals surface area (Å²) in [6.07, 6.45) is 6.50. The number of thiazole rings is 1. The average Bonchev–Trinajstić information content (AvgIpc) is 3.69. The van der Waals surface area contributed by atoms with Crippen molar-refractivity contribution in [3.05, 3.63) is 88.4 Å². The molecule has 3 amide bonds. The Labute approximate surface area is 320 Å². The SMILES string of the molecule is CCCC[C@H](O)[C@H](O)[C@H](CC1CCCCC1)NC(=O)[C@H](Cc1cscn1)NC(=O)C(CC(=O)N(C)CCN(C)Cc1ccccc1)Cc1ccccc1. The normalized spacial score (nSPS) is 16.3. The van der Waals surface area contributed by atoms with E-state index in [0.717, 1.165) is 50.6 Å². The maximum Gasteiger partial charge on any atom is 0.243 e.